The molecule has 3 aromatic heterocycles. The zero-order valence-electron chi connectivity index (χ0n) is 17.7. The fourth-order valence-corrected chi connectivity index (χ4v) is 3.63. The van der Waals surface area contributed by atoms with E-state index in [2.05, 4.69) is 20.3 Å². The van der Waals surface area contributed by atoms with E-state index in [1.807, 2.05) is 29.0 Å². The molecule has 1 aliphatic carbocycles. The Labute approximate surface area is 189 Å². The highest BCUT2D eigenvalue weighted by molar-refractivity contribution is 5.94. The van der Waals surface area contributed by atoms with E-state index in [-0.39, 0.29) is 12.5 Å². The van der Waals surface area contributed by atoms with E-state index in [0.717, 1.165) is 48.2 Å². The lowest BCUT2D eigenvalue weighted by Crippen LogP contribution is -2.25. The van der Waals surface area contributed by atoms with E-state index >= 15 is 0 Å². The van der Waals surface area contributed by atoms with Crippen LogP contribution in [0.3, 0.4) is 0 Å². The van der Waals surface area contributed by atoms with Crippen molar-refractivity contribution in [3.63, 3.8) is 0 Å². The predicted octanol–water partition coefficient (Wildman–Crippen LogP) is 4.63. The van der Waals surface area contributed by atoms with Crippen molar-refractivity contribution >= 4 is 5.91 Å². The molecule has 1 N–H and O–H groups in total. The molecule has 0 spiro atoms. The van der Waals surface area contributed by atoms with Crippen LogP contribution in [0.2, 0.25) is 0 Å². The van der Waals surface area contributed by atoms with Gasteiger partial charge in [0.15, 0.2) is 17.5 Å². The van der Waals surface area contributed by atoms with Gasteiger partial charge >= 0.3 is 0 Å². The van der Waals surface area contributed by atoms with Crippen molar-refractivity contribution in [3.8, 4) is 22.5 Å². The van der Waals surface area contributed by atoms with Gasteiger partial charge in [-0.1, -0.05) is 6.07 Å². The zero-order chi connectivity index (χ0) is 22.8. The van der Waals surface area contributed by atoms with Crippen molar-refractivity contribution in [1.29, 1.82) is 0 Å². The first-order valence-corrected chi connectivity index (χ1v) is 10.7. The van der Waals surface area contributed by atoms with Crippen molar-refractivity contribution in [2.24, 2.45) is 5.92 Å². The second-order valence-corrected chi connectivity index (χ2v) is 8.18. The fraction of sp³-hybridized carbons (Fsp3) is 0.200. The molecule has 33 heavy (non-hydrogen) atoms. The van der Waals surface area contributed by atoms with Gasteiger partial charge in [0.2, 0.25) is 0 Å². The van der Waals surface area contributed by atoms with E-state index in [4.69, 9.17) is 0 Å². The third-order valence-corrected chi connectivity index (χ3v) is 5.62. The summed E-state index contributed by atoms with van der Waals surface area (Å²) in [6.45, 7) is 0.853. The fourth-order valence-electron chi connectivity index (χ4n) is 3.63. The minimum absolute atomic E-state index is 0.100. The van der Waals surface area contributed by atoms with Gasteiger partial charge in [-0.3, -0.25) is 9.78 Å². The third kappa shape index (κ3) is 4.79. The van der Waals surface area contributed by atoms with Crippen LogP contribution in [0.1, 0.15) is 28.9 Å². The maximum absolute atomic E-state index is 13.5. The first kappa shape index (κ1) is 20.9. The molecule has 5 rings (SSSR count). The van der Waals surface area contributed by atoms with Crippen molar-refractivity contribution in [2.45, 2.75) is 25.9 Å². The first-order valence-electron chi connectivity index (χ1n) is 10.7. The van der Waals surface area contributed by atoms with E-state index in [1.54, 1.807) is 24.8 Å². The first-order chi connectivity index (χ1) is 16.1. The van der Waals surface area contributed by atoms with E-state index < -0.39 is 11.6 Å². The second kappa shape index (κ2) is 8.90. The molecule has 0 unspecified atom stereocenters. The number of pyridine rings is 1. The summed E-state index contributed by atoms with van der Waals surface area (Å²) in [7, 11) is 0. The van der Waals surface area contributed by atoms with Crippen molar-refractivity contribution < 1.29 is 13.6 Å². The molecule has 0 radical (unpaired) electrons. The molecule has 1 saturated carbocycles. The molecule has 4 aromatic rings. The molecule has 6 nitrogen and oxygen atoms in total. The van der Waals surface area contributed by atoms with E-state index in [9.17, 15) is 13.6 Å². The summed E-state index contributed by atoms with van der Waals surface area (Å²) >= 11 is 0. The Bertz CT molecular complexity index is 1280. The Kier molecular flexibility index (Phi) is 5.64. The highest BCUT2D eigenvalue weighted by Gasteiger charge is 2.24. The standard InChI is InChI=1S/C25H21F2N5O/c26-21-6-5-17(8-22(21)27)10-31-25(33)23-9-19(15-32(23)14-16-3-4-16)20-12-29-24(30-13-20)18-2-1-7-28-11-18/h1-2,5-9,11-13,15-16H,3-4,10,14H2,(H,31,33). The number of benzene rings is 1. The lowest BCUT2D eigenvalue weighted by molar-refractivity contribution is 0.0941. The van der Waals surface area contributed by atoms with Gasteiger partial charge in [-0.15, -0.1) is 0 Å². The van der Waals surface area contributed by atoms with E-state index in [0.29, 0.717) is 23.0 Å². The molecular weight excluding hydrogens is 424 g/mol. The van der Waals surface area contributed by atoms with Gasteiger partial charge in [0.1, 0.15) is 5.69 Å². The monoisotopic (exact) mass is 445 g/mol. The molecule has 0 saturated heterocycles. The second-order valence-electron chi connectivity index (χ2n) is 8.18. The molecular formula is C25H21F2N5O. The maximum Gasteiger partial charge on any atom is 0.268 e. The SMILES string of the molecule is O=C(NCc1ccc(F)c(F)c1)c1cc(-c2cnc(-c3cccnc3)nc2)cn1CC1CC1. The van der Waals surface area contributed by atoms with Crippen LogP contribution in [0.25, 0.3) is 22.5 Å². The summed E-state index contributed by atoms with van der Waals surface area (Å²) in [5.74, 6) is -0.985. The highest BCUT2D eigenvalue weighted by atomic mass is 19.2. The number of hydrogen-bond acceptors (Lipinski definition) is 4. The molecule has 1 aliphatic rings. The van der Waals surface area contributed by atoms with Crippen LogP contribution in [-0.2, 0) is 13.1 Å². The highest BCUT2D eigenvalue weighted by Crippen LogP contribution is 2.32. The van der Waals surface area contributed by atoms with Crippen molar-refractivity contribution in [2.75, 3.05) is 0 Å². The largest absolute Gasteiger partial charge is 0.347 e. The van der Waals surface area contributed by atoms with Crippen molar-refractivity contribution in [1.82, 2.24) is 24.8 Å². The number of nitrogens with zero attached hydrogens (tertiary/aromatic N) is 4. The Morgan fingerprint density at radius 3 is 2.52 bits per heavy atom. The number of nitrogens with one attached hydrogen (secondary N) is 1. The molecule has 1 fully saturated rings. The summed E-state index contributed by atoms with van der Waals surface area (Å²) in [5.41, 5.74) is 3.46. The summed E-state index contributed by atoms with van der Waals surface area (Å²) in [6.07, 6.45) is 11.1. The number of rotatable bonds is 7. The van der Waals surface area contributed by atoms with Crippen LogP contribution < -0.4 is 5.32 Å². The van der Waals surface area contributed by atoms with Gasteiger partial charge in [0.25, 0.3) is 5.91 Å². The van der Waals surface area contributed by atoms with Gasteiger partial charge in [0.05, 0.1) is 0 Å². The summed E-state index contributed by atoms with van der Waals surface area (Å²) in [5, 5.41) is 2.80. The third-order valence-electron chi connectivity index (χ3n) is 5.62. The number of carbonyl (C=O) groups is 1. The average molecular weight is 445 g/mol. The molecule has 0 atom stereocenters. The number of carbonyl (C=O) groups excluding carboxylic acids is 1. The topological polar surface area (TPSA) is 72.7 Å². The van der Waals surface area contributed by atoms with Gasteiger partial charge in [-0.05, 0) is 54.7 Å². The Balaban J connectivity index is 1.36. The molecule has 0 bridgehead atoms. The predicted molar refractivity (Wildman–Crippen MR) is 119 cm³/mol. The minimum Gasteiger partial charge on any atom is -0.347 e. The Morgan fingerprint density at radius 1 is 1.00 bits per heavy atom. The minimum atomic E-state index is -0.934. The molecule has 166 valence electrons. The molecule has 0 aliphatic heterocycles. The smallest absolute Gasteiger partial charge is 0.268 e. The molecule has 3 heterocycles. The summed E-state index contributed by atoms with van der Waals surface area (Å²) < 4.78 is 28.6. The normalized spacial score (nSPS) is 13.2. The summed E-state index contributed by atoms with van der Waals surface area (Å²) in [6, 6.07) is 9.13. The zero-order valence-corrected chi connectivity index (χ0v) is 17.7. The Morgan fingerprint density at radius 2 is 1.82 bits per heavy atom. The van der Waals surface area contributed by atoms with Crippen LogP contribution in [0, 0.1) is 17.6 Å². The van der Waals surface area contributed by atoms with Crippen LogP contribution in [-0.4, -0.2) is 25.4 Å². The molecule has 8 heteroatoms. The average Bonchev–Trinajstić information content (AvgIpc) is 3.56. The van der Waals surface area contributed by atoms with Gasteiger partial charge in [0, 0.05) is 60.8 Å². The van der Waals surface area contributed by atoms with Crippen LogP contribution >= 0.6 is 0 Å². The van der Waals surface area contributed by atoms with Crippen LogP contribution in [0.15, 0.2) is 67.4 Å². The van der Waals surface area contributed by atoms with Gasteiger partial charge in [-0.25, -0.2) is 18.7 Å². The van der Waals surface area contributed by atoms with Crippen LogP contribution in [0.5, 0.6) is 0 Å². The van der Waals surface area contributed by atoms with Gasteiger partial charge < -0.3 is 9.88 Å². The van der Waals surface area contributed by atoms with E-state index in [1.165, 1.54) is 6.07 Å². The lowest BCUT2D eigenvalue weighted by atomic mass is 10.1. The van der Waals surface area contributed by atoms with Crippen molar-refractivity contribution in [3.05, 3.63) is 90.3 Å². The molecule has 1 amide bonds. The Hall–Kier alpha value is -3.94. The number of halogens is 2. The number of amides is 1. The number of hydrogen-bond donors (Lipinski definition) is 1. The van der Waals surface area contributed by atoms with Crippen LogP contribution in [0.4, 0.5) is 8.78 Å². The number of aromatic nitrogens is 4. The quantitative estimate of drug-likeness (QED) is 0.450. The van der Waals surface area contributed by atoms with Gasteiger partial charge in [-0.2, -0.15) is 0 Å². The lowest BCUT2D eigenvalue weighted by Gasteiger charge is -2.09. The maximum atomic E-state index is 13.5. The molecule has 1 aromatic carbocycles. The summed E-state index contributed by atoms with van der Waals surface area (Å²) in [4.78, 5) is 25.9.